The van der Waals surface area contributed by atoms with Gasteiger partial charge in [0.05, 0.1) is 30.4 Å². The van der Waals surface area contributed by atoms with Gasteiger partial charge < -0.3 is 14.4 Å². The number of hydrogen-bond acceptors (Lipinski definition) is 6. The lowest BCUT2D eigenvalue weighted by atomic mass is 10.0. The number of carbonyl (C=O) groups is 2. The Morgan fingerprint density at radius 1 is 1.30 bits per heavy atom. The molecular weight excluding hydrogens is 444 g/mol. The van der Waals surface area contributed by atoms with Crippen LogP contribution in [0.25, 0.3) is 5.52 Å². The highest BCUT2D eigenvalue weighted by atomic mass is 35.5. The Hall–Kier alpha value is -3.57. The van der Waals surface area contributed by atoms with Crippen molar-refractivity contribution in [2.45, 2.75) is 26.7 Å². The van der Waals surface area contributed by atoms with Gasteiger partial charge in [0.1, 0.15) is 11.3 Å². The summed E-state index contributed by atoms with van der Waals surface area (Å²) in [6, 6.07) is 9.22. The Balaban J connectivity index is 1.54. The Morgan fingerprint density at radius 3 is 2.79 bits per heavy atom. The average molecular weight is 467 g/mol. The van der Waals surface area contributed by atoms with Crippen molar-refractivity contribution in [2.24, 2.45) is 5.92 Å². The van der Waals surface area contributed by atoms with Gasteiger partial charge in [-0.15, -0.1) is 0 Å². The van der Waals surface area contributed by atoms with Gasteiger partial charge in [-0.3, -0.25) is 9.59 Å². The number of amides is 1. The molecule has 1 saturated heterocycles. The monoisotopic (exact) mass is 466 g/mol. The number of benzene rings is 1. The molecule has 1 amide bonds. The fraction of sp³-hybridized carbons (Fsp3) is 0.333. The number of aryl methyl sites for hydroxylation is 2. The smallest absolute Gasteiger partial charge is 0.306 e. The Morgan fingerprint density at radius 2 is 2.09 bits per heavy atom. The second-order valence-electron chi connectivity index (χ2n) is 7.85. The predicted octanol–water partition coefficient (Wildman–Crippen LogP) is 4.18. The maximum Gasteiger partial charge on any atom is 0.306 e. The van der Waals surface area contributed by atoms with Crippen molar-refractivity contribution in [3.8, 4) is 17.6 Å². The van der Waals surface area contributed by atoms with E-state index in [1.54, 1.807) is 46.9 Å². The first kappa shape index (κ1) is 22.6. The van der Waals surface area contributed by atoms with Crippen molar-refractivity contribution in [2.75, 3.05) is 19.7 Å². The van der Waals surface area contributed by atoms with Crippen LogP contribution in [0, 0.1) is 24.2 Å². The van der Waals surface area contributed by atoms with Gasteiger partial charge >= 0.3 is 5.97 Å². The zero-order valence-corrected chi connectivity index (χ0v) is 19.1. The molecule has 0 bridgehead atoms. The van der Waals surface area contributed by atoms with Crippen LogP contribution in [0.2, 0.25) is 5.02 Å². The molecule has 3 aromatic rings. The van der Waals surface area contributed by atoms with E-state index in [2.05, 4.69) is 11.2 Å². The molecular formula is C24H23ClN4O4. The van der Waals surface area contributed by atoms with Gasteiger partial charge in [0.15, 0.2) is 5.75 Å². The number of fused-ring (bicyclic) bond motifs is 1. The van der Waals surface area contributed by atoms with Gasteiger partial charge in [-0.25, -0.2) is 4.52 Å². The van der Waals surface area contributed by atoms with E-state index in [9.17, 15) is 9.59 Å². The highest BCUT2D eigenvalue weighted by Crippen LogP contribution is 2.33. The average Bonchev–Trinajstić information content (AvgIpc) is 3.10. The molecule has 1 aliphatic rings. The Bertz CT molecular complexity index is 1260. The summed E-state index contributed by atoms with van der Waals surface area (Å²) >= 11 is 6.41. The highest BCUT2D eigenvalue weighted by molar-refractivity contribution is 6.31. The van der Waals surface area contributed by atoms with E-state index in [0.29, 0.717) is 53.7 Å². The molecule has 0 N–H and O–H groups in total. The summed E-state index contributed by atoms with van der Waals surface area (Å²) in [5.74, 6) is 0.581. The van der Waals surface area contributed by atoms with Crippen molar-refractivity contribution >= 4 is 29.0 Å². The maximum absolute atomic E-state index is 12.9. The molecule has 33 heavy (non-hydrogen) atoms. The first-order valence-electron chi connectivity index (χ1n) is 10.7. The van der Waals surface area contributed by atoms with Crippen LogP contribution in [0.1, 0.15) is 34.8 Å². The molecule has 0 saturated carbocycles. The SMILES string of the molecule is CCOC(=O)CCc1ccc(Oc2ccnn3cc(C(=O)N4CC(C#N)C4)c(C)c23)cc1Cl. The number of esters is 1. The molecule has 4 rings (SSSR count). The number of hydrogen-bond donors (Lipinski definition) is 0. The zero-order valence-electron chi connectivity index (χ0n) is 18.4. The second-order valence-corrected chi connectivity index (χ2v) is 8.26. The molecule has 1 aromatic carbocycles. The molecule has 2 aromatic heterocycles. The van der Waals surface area contributed by atoms with Crippen molar-refractivity contribution in [3.05, 3.63) is 58.4 Å². The van der Waals surface area contributed by atoms with E-state index < -0.39 is 0 Å². The molecule has 0 radical (unpaired) electrons. The summed E-state index contributed by atoms with van der Waals surface area (Å²) in [5, 5.41) is 13.8. The molecule has 1 aliphatic heterocycles. The third kappa shape index (κ3) is 4.64. The highest BCUT2D eigenvalue weighted by Gasteiger charge is 2.33. The van der Waals surface area contributed by atoms with Crippen LogP contribution in [0.15, 0.2) is 36.7 Å². The molecule has 9 heteroatoms. The lowest BCUT2D eigenvalue weighted by Crippen LogP contribution is -2.49. The largest absolute Gasteiger partial charge is 0.466 e. The summed E-state index contributed by atoms with van der Waals surface area (Å²) < 4.78 is 12.7. The standard InChI is InChI=1S/C24H23ClN4O4/c1-3-32-22(30)7-5-17-4-6-18(10-20(17)25)33-21-8-9-27-29-14-19(15(2)23(21)29)24(31)28-12-16(11-26)13-28/h4,6,8-10,14,16H,3,5,7,12-13H2,1-2H3. The van der Waals surface area contributed by atoms with Gasteiger partial charge in [0.25, 0.3) is 5.91 Å². The first-order valence-corrected chi connectivity index (χ1v) is 11.1. The normalized spacial score (nSPS) is 13.5. The molecule has 0 aliphatic carbocycles. The van der Waals surface area contributed by atoms with Crippen molar-refractivity contribution in [3.63, 3.8) is 0 Å². The van der Waals surface area contributed by atoms with Gasteiger partial charge in [-0.1, -0.05) is 17.7 Å². The van der Waals surface area contributed by atoms with Crippen molar-refractivity contribution in [1.82, 2.24) is 14.5 Å². The summed E-state index contributed by atoms with van der Waals surface area (Å²) in [6.07, 6.45) is 4.01. The summed E-state index contributed by atoms with van der Waals surface area (Å²) in [6.45, 7) is 4.86. The van der Waals surface area contributed by atoms with Gasteiger partial charge in [-0.05, 0) is 43.5 Å². The minimum Gasteiger partial charge on any atom is -0.466 e. The van der Waals surface area contributed by atoms with E-state index >= 15 is 0 Å². The number of nitrogens with zero attached hydrogens (tertiary/aromatic N) is 4. The number of halogens is 1. The molecule has 0 spiro atoms. The van der Waals surface area contributed by atoms with E-state index in [0.717, 1.165) is 11.1 Å². The fourth-order valence-corrected chi connectivity index (χ4v) is 4.07. The van der Waals surface area contributed by atoms with Crippen LogP contribution >= 0.6 is 11.6 Å². The lowest BCUT2D eigenvalue weighted by molar-refractivity contribution is -0.143. The van der Waals surface area contributed by atoms with E-state index in [-0.39, 0.29) is 24.2 Å². The number of rotatable bonds is 7. The van der Waals surface area contributed by atoms with E-state index in [1.807, 2.05) is 13.0 Å². The second kappa shape index (κ2) is 9.51. The summed E-state index contributed by atoms with van der Waals surface area (Å²) in [5.41, 5.74) is 2.79. The van der Waals surface area contributed by atoms with Crippen molar-refractivity contribution in [1.29, 1.82) is 5.26 Å². The van der Waals surface area contributed by atoms with Gasteiger partial charge in [-0.2, -0.15) is 10.4 Å². The number of aromatic nitrogens is 2. The van der Waals surface area contributed by atoms with Crippen LogP contribution in [0.3, 0.4) is 0 Å². The third-order valence-corrected chi connectivity index (χ3v) is 5.98. The summed E-state index contributed by atoms with van der Waals surface area (Å²) in [4.78, 5) is 26.1. The van der Waals surface area contributed by atoms with Gasteiger partial charge in [0, 0.05) is 36.8 Å². The van der Waals surface area contributed by atoms with E-state index in [4.69, 9.17) is 26.3 Å². The van der Waals surface area contributed by atoms with Crippen LogP contribution < -0.4 is 4.74 Å². The predicted molar refractivity (Wildman–Crippen MR) is 121 cm³/mol. The number of carbonyl (C=O) groups excluding carboxylic acids is 2. The van der Waals surface area contributed by atoms with Crippen LogP contribution in [0.5, 0.6) is 11.5 Å². The van der Waals surface area contributed by atoms with Crippen LogP contribution in [-0.4, -0.2) is 46.1 Å². The number of likely N-dealkylation sites (tertiary alicyclic amines) is 1. The minimum atomic E-state index is -0.261. The topological polar surface area (TPSA) is 96.9 Å². The zero-order chi connectivity index (χ0) is 23.5. The molecule has 0 unspecified atom stereocenters. The third-order valence-electron chi connectivity index (χ3n) is 5.63. The maximum atomic E-state index is 12.9. The van der Waals surface area contributed by atoms with Crippen LogP contribution in [0.4, 0.5) is 0 Å². The molecule has 0 atom stereocenters. The molecule has 1 fully saturated rings. The molecule has 3 heterocycles. The molecule has 8 nitrogen and oxygen atoms in total. The molecule has 170 valence electrons. The summed E-state index contributed by atoms with van der Waals surface area (Å²) in [7, 11) is 0. The van der Waals surface area contributed by atoms with Gasteiger partial charge in [0.2, 0.25) is 0 Å². The fourth-order valence-electron chi connectivity index (χ4n) is 3.81. The Labute approximate surface area is 196 Å². The quantitative estimate of drug-likeness (QED) is 0.484. The lowest BCUT2D eigenvalue weighted by Gasteiger charge is -2.35. The number of ether oxygens (including phenoxy) is 2. The van der Waals surface area contributed by atoms with Crippen molar-refractivity contribution < 1.29 is 19.1 Å². The van der Waals surface area contributed by atoms with Crippen LogP contribution in [-0.2, 0) is 16.0 Å². The van der Waals surface area contributed by atoms with E-state index in [1.165, 1.54) is 0 Å². The Kier molecular flexibility index (Phi) is 6.52. The number of nitriles is 1. The minimum absolute atomic E-state index is 0.103. The first-order chi connectivity index (χ1) is 15.9.